The number of hydrazine groups is 1. The molecule has 1 fully saturated rings. The van der Waals surface area contributed by atoms with E-state index in [0.717, 1.165) is 5.56 Å². The van der Waals surface area contributed by atoms with Crippen molar-refractivity contribution in [3.63, 3.8) is 0 Å². The normalized spacial score (nSPS) is 23.4. The van der Waals surface area contributed by atoms with Crippen LogP contribution in [0.25, 0.3) is 0 Å². The number of nitrogens with zero attached hydrogens (tertiary/aromatic N) is 1. The van der Waals surface area contributed by atoms with Gasteiger partial charge in [0.1, 0.15) is 12.1 Å². The number of carbonyl (C=O) groups excluding carboxylic acids is 2. The largest absolute Gasteiger partial charge is 0.481 e. The van der Waals surface area contributed by atoms with Crippen LogP contribution >= 0.6 is 0 Å². The first-order valence-electron chi connectivity index (χ1n) is 7.36. The number of hydrogen-bond acceptors (Lipinski definition) is 4. The molecule has 2 amide bonds. The van der Waals surface area contributed by atoms with E-state index >= 15 is 0 Å². The molecular formula is C16H17N3O4. The molecule has 2 atom stereocenters. The quantitative estimate of drug-likeness (QED) is 0.760. The molecule has 0 radical (unpaired) electrons. The zero-order chi connectivity index (χ0) is 16.6. The smallest absolute Gasteiger partial charge is 0.303 e. The van der Waals surface area contributed by atoms with Crippen LogP contribution < -0.4 is 10.7 Å². The Labute approximate surface area is 132 Å². The molecule has 0 spiro atoms. The van der Waals surface area contributed by atoms with E-state index in [1.54, 1.807) is 6.92 Å². The molecule has 0 aromatic heterocycles. The molecule has 3 rings (SSSR count). The lowest BCUT2D eigenvalue weighted by Crippen LogP contribution is -2.54. The van der Waals surface area contributed by atoms with E-state index in [2.05, 4.69) is 10.7 Å². The van der Waals surface area contributed by atoms with Crippen LogP contribution in [0, 0.1) is 0 Å². The molecule has 1 aromatic rings. The van der Waals surface area contributed by atoms with Gasteiger partial charge in [0, 0.05) is 17.7 Å². The lowest BCUT2D eigenvalue weighted by Gasteiger charge is -2.34. The van der Waals surface area contributed by atoms with E-state index < -0.39 is 18.1 Å². The van der Waals surface area contributed by atoms with Crippen LogP contribution in [-0.4, -0.2) is 34.1 Å². The van der Waals surface area contributed by atoms with Gasteiger partial charge >= 0.3 is 5.97 Å². The fourth-order valence-electron chi connectivity index (χ4n) is 3.01. The highest BCUT2D eigenvalue weighted by molar-refractivity contribution is 6.00. The van der Waals surface area contributed by atoms with Crippen LogP contribution in [0.15, 0.2) is 41.6 Å². The first kappa shape index (κ1) is 15.1. The van der Waals surface area contributed by atoms with Crippen molar-refractivity contribution in [1.29, 1.82) is 0 Å². The number of carboxylic acid groups (broad SMARTS) is 1. The topological polar surface area (TPSA) is 98.7 Å². The Kier molecular flexibility index (Phi) is 3.77. The number of hydrogen-bond donors (Lipinski definition) is 3. The second-order valence-corrected chi connectivity index (χ2v) is 5.63. The maximum atomic E-state index is 12.6. The fraction of sp³-hybridized carbons (Fsp3) is 0.312. The summed E-state index contributed by atoms with van der Waals surface area (Å²) >= 11 is 0. The number of rotatable bonds is 4. The Bertz CT molecular complexity index is 699. The van der Waals surface area contributed by atoms with Gasteiger partial charge < -0.3 is 10.4 Å². The third-order valence-corrected chi connectivity index (χ3v) is 4.15. The van der Waals surface area contributed by atoms with Crippen molar-refractivity contribution in [2.24, 2.45) is 0 Å². The van der Waals surface area contributed by atoms with Crippen molar-refractivity contribution in [2.75, 3.05) is 0 Å². The minimum atomic E-state index is -0.965. The second kappa shape index (κ2) is 5.75. The predicted molar refractivity (Wildman–Crippen MR) is 80.7 cm³/mol. The van der Waals surface area contributed by atoms with Gasteiger partial charge in [0.15, 0.2) is 0 Å². The number of benzene rings is 1. The molecule has 2 aliphatic heterocycles. The molecular weight excluding hydrogens is 298 g/mol. The Balaban J connectivity index is 1.89. The lowest BCUT2D eigenvalue weighted by molar-refractivity contribution is -0.137. The summed E-state index contributed by atoms with van der Waals surface area (Å²) in [5.74, 6) is -2.07. The molecule has 0 saturated carbocycles. The molecule has 2 unspecified atom stereocenters. The van der Waals surface area contributed by atoms with E-state index in [-0.39, 0.29) is 24.7 Å². The standard InChI is InChI=1S/C16H17N3O4/c1-9-11(7-8-12(20)21)16(23)19-14(17-9)13(15(22)18-19)10-5-3-2-4-6-10/h2-6,13-14,17H,7-8H2,1H3,(H,18,22)(H,20,21). The molecule has 0 bridgehead atoms. The van der Waals surface area contributed by atoms with Crippen molar-refractivity contribution in [1.82, 2.24) is 15.8 Å². The number of amides is 2. The molecule has 1 saturated heterocycles. The molecule has 7 nitrogen and oxygen atoms in total. The molecule has 3 N–H and O–H groups in total. The number of carbonyl (C=O) groups is 3. The number of fused-ring (bicyclic) bond motifs is 1. The van der Waals surface area contributed by atoms with Gasteiger partial charge in [-0.2, -0.15) is 0 Å². The average Bonchev–Trinajstić information content (AvgIpc) is 2.84. The Morgan fingerprint density at radius 2 is 1.96 bits per heavy atom. The van der Waals surface area contributed by atoms with Crippen molar-refractivity contribution in [3.8, 4) is 0 Å². The zero-order valence-corrected chi connectivity index (χ0v) is 12.6. The molecule has 0 aliphatic carbocycles. The summed E-state index contributed by atoms with van der Waals surface area (Å²) in [6.45, 7) is 1.73. The Morgan fingerprint density at radius 3 is 2.61 bits per heavy atom. The number of carboxylic acids is 1. The van der Waals surface area contributed by atoms with Gasteiger partial charge in [-0.1, -0.05) is 30.3 Å². The van der Waals surface area contributed by atoms with Crippen molar-refractivity contribution in [3.05, 3.63) is 47.2 Å². The number of allylic oxidation sites excluding steroid dienone is 1. The molecule has 23 heavy (non-hydrogen) atoms. The predicted octanol–water partition coefficient (Wildman–Crippen LogP) is 0.712. The Morgan fingerprint density at radius 1 is 1.26 bits per heavy atom. The average molecular weight is 315 g/mol. The van der Waals surface area contributed by atoms with Crippen LogP contribution in [0.1, 0.15) is 31.2 Å². The highest BCUT2D eigenvalue weighted by Gasteiger charge is 2.47. The van der Waals surface area contributed by atoms with E-state index in [0.29, 0.717) is 11.3 Å². The van der Waals surface area contributed by atoms with Crippen LogP contribution in [-0.2, 0) is 14.4 Å². The lowest BCUT2D eigenvalue weighted by atomic mass is 9.94. The van der Waals surface area contributed by atoms with Crippen molar-refractivity contribution >= 4 is 17.8 Å². The molecule has 2 heterocycles. The second-order valence-electron chi connectivity index (χ2n) is 5.63. The SMILES string of the molecule is CC1=C(CCC(=O)O)C(=O)N2NC(=O)C(c3ccccc3)C2N1. The van der Waals surface area contributed by atoms with Gasteiger partial charge in [-0.3, -0.25) is 19.8 Å². The van der Waals surface area contributed by atoms with Crippen LogP contribution in [0.2, 0.25) is 0 Å². The molecule has 1 aromatic carbocycles. The first-order chi connectivity index (χ1) is 11.0. The number of nitrogens with one attached hydrogen (secondary N) is 2. The monoisotopic (exact) mass is 315 g/mol. The van der Waals surface area contributed by atoms with E-state index in [4.69, 9.17) is 5.11 Å². The summed E-state index contributed by atoms with van der Waals surface area (Å²) < 4.78 is 0. The van der Waals surface area contributed by atoms with E-state index in [1.165, 1.54) is 5.01 Å². The molecule has 120 valence electrons. The van der Waals surface area contributed by atoms with Gasteiger partial charge in [0.05, 0.1) is 0 Å². The minimum Gasteiger partial charge on any atom is -0.481 e. The third kappa shape index (κ3) is 2.65. The highest BCUT2D eigenvalue weighted by atomic mass is 16.4. The van der Waals surface area contributed by atoms with Gasteiger partial charge in [-0.05, 0) is 18.9 Å². The highest BCUT2D eigenvalue weighted by Crippen LogP contribution is 2.32. The van der Waals surface area contributed by atoms with E-state index in [1.807, 2.05) is 30.3 Å². The summed E-state index contributed by atoms with van der Waals surface area (Å²) in [5, 5.41) is 13.2. The summed E-state index contributed by atoms with van der Waals surface area (Å²) in [7, 11) is 0. The summed E-state index contributed by atoms with van der Waals surface area (Å²) in [4.78, 5) is 35.6. The summed E-state index contributed by atoms with van der Waals surface area (Å²) in [6, 6.07) is 9.24. The maximum absolute atomic E-state index is 12.6. The van der Waals surface area contributed by atoms with Gasteiger partial charge in [0.2, 0.25) is 5.91 Å². The zero-order valence-electron chi connectivity index (χ0n) is 12.6. The van der Waals surface area contributed by atoms with Crippen LogP contribution in [0.3, 0.4) is 0 Å². The van der Waals surface area contributed by atoms with Gasteiger partial charge in [-0.15, -0.1) is 0 Å². The summed E-state index contributed by atoms with van der Waals surface area (Å²) in [6.07, 6.45) is -0.512. The third-order valence-electron chi connectivity index (χ3n) is 4.15. The number of aliphatic carboxylic acids is 1. The van der Waals surface area contributed by atoms with Crippen LogP contribution in [0.5, 0.6) is 0 Å². The fourth-order valence-corrected chi connectivity index (χ4v) is 3.01. The Hall–Kier alpha value is -2.83. The van der Waals surface area contributed by atoms with Gasteiger partial charge in [-0.25, -0.2) is 5.01 Å². The van der Waals surface area contributed by atoms with Crippen molar-refractivity contribution < 1.29 is 19.5 Å². The molecule has 2 aliphatic rings. The van der Waals surface area contributed by atoms with Crippen molar-refractivity contribution in [2.45, 2.75) is 31.8 Å². The van der Waals surface area contributed by atoms with E-state index in [9.17, 15) is 14.4 Å². The first-order valence-corrected chi connectivity index (χ1v) is 7.36. The maximum Gasteiger partial charge on any atom is 0.303 e. The molecule has 7 heteroatoms. The minimum absolute atomic E-state index is 0.127. The van der Waals surface area contributed by atoms with Gasteiger partial charge in [0.25, 0.3) is 5.91 Å². The van der Waals surface area contributed by atoms with Crippen LogP contribution in [0.4, 0.5) is 0 Å². The summed E-state index contributed by atoms with van der Waals surface area (Å²) in [5.41, 5.74) is 4.42.